The molecule has 0 saturated carbocycles. The number of aromatic nitrogens is 5. The summed E-state index contributed by atoms with van der Waals surface area (Å²) in [5.41, 5.74) is 3.17. The van der Waals surface area contributed by atoms with E-state index in [1.54, 1.807) is 22.2 Å². The van der Waals surface area contributed by atoms with Gasteiger partial charge in [-0.25, -0.2) is 4.98 Å². The SMILES string of the molecule is CCC1CCc2sc(-c3nnc(SCc4cc(=O)n5c(C)csc5n4)n3C)cc2C1. The molecule has 4 aromatic heterocycles. The van der Waals surface area contributed by atoms with Gasteiger partial charge in [-0.05, 0) is 43.7 Å². The van der Waals surface area contributed by atoms with Crippen LogP contribution in [0.15, 0.2) is 27.5 Å². The van der Waals surface area contributed by atoms with Crippen LogP contribution in [0.25, 0.3) is 15.7 Å². The summed E-state index contributed by atoms with van der Waals surface area (Å²) in [6.07, 6.45) is 4.92. The summed E-state index contributed by atoms with van der Waals surface area (Å²) in [5, 5.41) is 11.7. The molecule has 6 nitrogen and oxygen atoms in total. The van der Waals surface area contributed by atoms with E-state index in [1.165, 1.54) is 52.3 Å². The highest BCUT2D eigenvalue weighted by atomic mass is 32.2. The first-order chi connectivity index (χ1) is 14.5. The van der Waals surface area contributed by atoms with Gasteiger partial charge in [-0.15, -0.1) is 32.9 Å². The lowest BCUT2D eigenvalue weighted by Gasteiger charge is -2.19. The molecule has 0 fully saturated rings. The van der Waals surface area contributed by atoms with Crippen LogP contribution in [0.5, 0.6) is 0 Å². The Balaban J connectivity index is 1.36. The molecule has 0 spiro atoms. The molecule has 0 aromatic carbocycles. The van der Waals surface area contributed by atoms with Crippen molar-refractivity contribution in [3.63, 3.8) is 0 Å². The minimum Gasteiger partial charge on any atom is -0.304 e. The average Bonchev–Trinajstić information content (AvgIpc) is 3.42. The highest BCUT2D eigenvalue weighted by Crippen LogP contribution is 2.38. The minimum atomic E-state index is -0.0254. The number of hydrogen-bond acceptors (Lipinski definition) is 7. The smallest absolute Gasteiger partial charge is 0.258 e. The molecule has 1 aliphatic rings. The molecule has 0 bridgehead atoms. The molecule has 4 heterocycles. The van der Waals surface area contributed by atoms with Crippen LogP contribution in [0.3, 0.4) is 0 Å². The van der Waals surface area contributed by atoms with E-state index < -0.39 is 0 Å². The highest BCUT2D eigenvalue weighted by Gasteiger charge is 2.22. The molecular formula is C21H23N5OS3. The number of fused-ring (bicyclic) bond motifs is 2. The molecule has 0 radical (unpaired) electrons. The van der Waals surface area contributed by atoms with E-state index in [1.807, 2.05) is 30.7 Å². The van der Waals surface area contributed by atoms with Gasteiger partial charge in [0, 0.05) is 34.8 Å². The Morgan fingerprint density at radius 3 is 3.00 bits per heavy atom. The van der Waals surface area contributed by atoms with Crippen LogP contribution in [0.1, 0.15) is 41.6 Å². The second-order valence-electron chi connectivity index (χ2n) is 7.81. The molecule has 1 aliphatic carbocycles. The Hall–Kier alpha value is -1.97. The van der Waals surface area contributed by atoms with Crippen molar-refractivity contribution in [3.8, 4) is 10.7 Å². The molecule has 0 saturated heterocycles. The van der Waals surface area contributed by atoms with E-state index in [9.17, 15) is 4.79 Å². The van der Waals surface area contributed by atoms with Crippen molar-refractivity contribution in [1.29, 1.82) is 0 Å². The van der Waals surface area contributed by atoms with Crippen molar-refractivity contribution in [2.75, 3.05) is 0 Å². The number of thiophene rings is 1. The molecule has 5 rings (SSSR count). The quantitative estimate of drug-likeness (QED) is 0.406. The lowest BCUT2D eigenvalue weighted by molar-refractivity contribution is 0.449. The zero-order chi connectivity index (χ0) is 20.8. The predicted octanol–water partition coefficient (Wildman–Crippen LogP) is 4.73. The standard InChI is InChI=1S/C21H23N5OS3/c1-4-13-5-6-16-14(7-13)8-17(30-16)19-23-24-21(25(19)3)29-11-15-9-18(27)26-12(2)10-28-20(26)22-15/h8-10,13H,4-7,11H2,1-3H3. The third-order valence-electron chi connectivity index (χ3n) is 5.80. The molecule has 4 aromatic rings. The van der Waals surface area contributed by atoms with Gasteiger partial charge in [0.1, 0.15) is 0 Å². The van der Waals surface area contributed by atoms with Crippen LogP contribution in [-0.4, -0.2) is 24.1 Å². The summed E-state index contributed by atoms with van der Waals surface area (Å²) < 4.78 is 3.71. The van der Waals surface area contributed by atoms with Gasteiger partial charge in [-0.1, -0.05) is 25.1 Å². The Bertz CT molecular complexity index is 1280. The van der Waals surface area contributed by atoms with Crippen LogP contribution in [-0.2, 0) is 25.6 Å². The molecule has 9 heteroatoms. The van der Waals surface area contributed by atoms with Crippen LogP contribution < -0.4 is 5.56 Å². The fourth-order valence-electron chi connectivity index (χ4n) is 4.03. The molecule has 0 amide bonds. The number of nitrogens with zero attached hydrogens (tertiary/aromatic N) is 5. The first kappa shape index (κ1) is 20.0. The topological polar surface area (TPSA) is 65.1 Å². The van der Waals surface area contributed by atoms with Gasteiger partial charge in [-0.3, -0.25) is 9.20 Å². The maximum atomic E-state index is 12.4. The number of thioether (sulfide) groups is 1. The molecule has 0 N–H and O–H groups in total. The summed E-state index contributed by atoms with van der Waals surface area (Å²) >= 11 is 4.92. The van der Waals surface area contributed by atoms with E-state index in [2.05, 4.69) is 32.7 Å². The first-order valence-electron chi connectivity index (χ1n) is 10.1. The fraction of sp³-hybridized carbons (Fsp3) is 0.429. The monoisotopic (exact) mass is 457 g/mol. The predicted molar refractivity (Wildman–Crippen MR) is 124 cm³/mol. The Labute approximate surface area is 187 Å². The molecule has 1 unspecified atom stereocenters. The Morgan fingerprint density at radius 1 is 1.30 bits per heavy atom. The van der Waals surface area contributed by atoms with Crippen molar-refractivity contribution in [1.82, 2.24) is 24.1 Å². The van der Waals surface area contributed by atoms with Gasteiger partial charge in [-0.2, -0.15) is 0 Å². The molecule has 1 atom stereocenters. The van der Waals surface area contributed by atoms with E-state index >= 15 is 0 Å². The highest BCUT2D eigenvalue weighted by molar-refractivity contribution is 7.98. The van der Waals surface area contributed by atoms with Gasteiger partial charge >= 0.3 is 0 Å². The summed E-state index contributed by atoms with van der Waals surface area (Å²) in [5.74, 6) is 2.32. The van der Waals surface area contributed by atoms with Crippen molar-refractivity contribution in [2.24, 2.45) is 13.0 Å². The summed E-state index contributed by atoms with van der Waals surface area (Å²) in [4.78, 5) is 20.5. The lowest BCUT2D eigenvalue weighted by Crippen LogP contribution is -2.14. The Kier molecular flexibility index (Phi) is 5.28. The summed E-state index contributed by atoms with van der Waals surface area (Å²) in [7, 11) is 2.01. The molecular weight excluding hydrogens is 434 g/mol. The van der Waals surface area contributed by atoms with Crippen LogP contribution in [0.2, 0.25) is 0 Å². The van der Waals surface area contributed by atoms with Crippen LogP contribution in [0, 0.1) is 12.8 Å². The van der Waals surface area contributed by atoms with Crippen molar-refractivity contribution in [3.05, 3.63) is 49.7 Å². The molecule has 0 aliphatic heterocycles. The molecule has 30 heavy (non-hydrogen) atoms. The van der Waals surface area contributed by atoms with E-state index in [4.69, 9.17) is 0 Å². The number of aryl methyl sites for hydroxylation is 2. The van der Waals surface area contributed by atoms with Crippen molar-refractivity contribution in [2.45, 2.75) is 50.4 Å². The largest absolute Gasteiger partial charge is 0.304 e. The van der Waals surface area contributed by atoms with Crippen LogP contribution in [0.4, 0.5) is 0 Å². The van der Waals surface area contributed by atoms with Crippen LogP contribution >= 0.6 is 34.4 Å². The van der Waals surface area contributed by atoms with Gasteiger partial charge in [0.2, 0.25) is 0 Å². The number of hydrogen-bond donors (Lipinski definition) is 0. The second kappa shape index (κ2) is 7.94. The average molecular weight is 458 g/mol. The maximum absolute atomic E-state index is 12.4. The fourth-order valence-corrected chi connectivity index (χ4v) is 6.95. The molecule has 156 valence electrons. The summed E-state index contributed by atoms with van der Waals surface area (Å²) in [6, 6.07) is 3.93. The minimum absolute atomic E-state index is 0.0254. The maximum Gasteiger partial charge on any atom is 0.258 e. The summed E-state index contributed by atoms with van der Waals surface area (Å²) in [6.45, 7) is 4.21. The van der Waals surface area contributed by atoms with Crippen molar-refractivity contribution < 1.29 is 0 Å². The van der Waals surface area contributed by atoms with Crippen molar-refractivity contribution >= 4 is 39.4 Å². The van der Waals surface area contributed by atoms with E-state index in [0.717, 1.165) is 33.2 Å². The zero-order valence-electron chi connectivity index (χ0n) is 17.2. The first-order valence-corrected chi connectivity index (χ1v) is 12.8. The van der Waals surface area contributed by atoms with Gasteiger partial charge in [0.25, 0.3) is 5.56 Å². The lowest BCUT2D eigenvalue weighted by atomic mass is 9.87. The van der Waals surface area contributed by atoms with Gasteiger partial charge in [0.05, 0.1) is 10.6 Å². The zero-order valence-corrected chi connectivity index (χ0v) is 19.7. The van der Waals surface area contributed by atoms with Gasteiger partial charge < -0.3 is 4.57 Å². The van der Waals surface area contributed by atoms with Gasteiger partial charge in [0.15, 0.2) is 15.9 Å². The number of rotatable bonds is 5. The second-order valence-corrected chi connectivity index (χ2v) is 10.7. The van der Waals surface area contributed by atoms with E-state index in [0.29, 0.717) is 5.75 Å². The number of thiazole rings is 1. The Morgan fingerprint density at radius 2 is 2.17 bits per heavy atom. The van der Waals surface area contributed by atoms with E-state index in [-0.39, 0.29) is 5.56 Å². The normalized spacial score (nSPS) is 16.3. The third-order valence-corrected chi connectivity index (χ3v) is 9.03. The third kappa shape index (κ3) is 3.52.